The monoisotopic (exact) mass is 232 g/mol. The van der Waals surface area contributed by atoms with Gasteiger partial charge in [-0.2, -0.15) is 0 Å². The minimum Gasteiger partial charge on any atom is -0.330 e. The molecule has 0 aliphatic carbocycles. The first-order valence-electron chi connectivity index (χ1n) is 5.57. The molecule has 2 N–H and O–H groups in total. The SMILES string of the molecule is CCc1nc(-c2ccc(CCN)cc2)cs1. The lowest BCUT2D eigenvalue weighted by molar-refractivity contribution is 0.969. The smallest absolute Gasteiger partial charge is 0.0929 e. The minimum absolute atomic E-state index is 0.704. The van der Waals surface area contributed by atoms with Crippen molar-refractivity contribution in [3.05, 3.63) is 40.2 Å². The molecule has 0 radical (unpaired) electrons. The van der Waals surface area contributed by atoms with Crippen LogP contribution in [0, 0.1) is 0 Å². The molecule has 0 saturated heterocycles. The zero-order chi connectivity index (χ0) is 11.4. The summed E-state index contributed by atoms with van der Waals surface area (Å²) >= 11 is 1.73. The topological polar surface area (TPSA) is 38.9 Å². The summed E-state index contributed by atoms with van der Waals surface area (Å²) in [6.45, 7) is 2.84. The van der Waals surface area contributed by atoms with Crippen LogP contribution in [0.3, 0.4) is 0 Å². The Hall–Kier alpha value is -1.19. The van der Waals surface area contributed by atoms with Gasteiger partial charge >= 0.3 is 0 Å². The molecule has 0 amide bonds. The van der Waals surface area contributed by atoms with Crippen LogP contribution in [-0.2, 0) is 12.8 Å². The van der Waals surface area contributed by atoms with Gasteiger partial charge in [0, 0.05) is 10.9 Å². The fraction of sp³-hybridized carbons (Fsp3) is 0.308. The highest BCUT2D eigenvalue weighted by atomic mass is 32.1. The Balaban J connectivity index is 2.20. The normalized spacial score (nSPS) is 10.6. The summed E-state index contributed by atoms with van der Waals surface area (Å²) in [6, 6.07) is 8.51. The van der Waals surface area contributed by atoms with Gasteiger partial charge in [-0.3, -0.25) is 0 Å². The van der Waals surface area contributed by atoms with E-state index in [1.807, 2.05) is 0 Å². The summed E-state index contributed by atoms with van der Waals surface area (Å²) in [4.78, 5) is 4.57. The second kappa shape index (κ2) is 5.23. The third-order valence-electron chi connectivity index (χ3n) is 2.54. The molecule has 0 saturated carbocycles. The Morgan fingerprint density at radius 2 is 2.00 bits per heavy atom. The molecule has 0 aliphatic heterocycles. The fourth-order valence-electron chi connectivity index (χ4n) is 1.61. The molecule has 16 heavy (non-hydrogen) atoms. The van der Waals surface area contributed by atoms with Gasteiger partial charge in [-0.05, 0) is 24.9 Å². The lowest BCUT2D eigenvalue weighted by Gasteiger charge is -2.00. The number of hydrogen-bond donors (Lipinski definition) is 1. The number of aromatic nitrogens is 1. The first-order chi connectivity index (χ1) is 7.83. The van der Waals surface area contributed by atoms with Gasteiger partial charge in [0.15, 0.2) is 0 Å². The Morgan fingerprint density at radius 3 is 2.56 bits per heavy atom. The van der Waals surface area contributed by atoms with E-state index in [1.54, 1.807) is 11.3 Å². The third-order valence-corrected chi connectivity index (χ3v) is 3.53. The van der Waals surface area contributed by atoms with Gasteiger partial charge in [-0.15, -0.1) is 11.3 Å². The predicted octanol–water partition coefficient (Wildman–Crippen LogP) is 2.87. The molecule has 0 fully saturated rings. The number of aryl methyl sites for hydroxylation is 1. The predicted molar refractivity (Wildman–Crippen MR) is 69.7 cm³/mol. The second-order valence-electron chi connectivity index (χ2n) is 3.72. The average molecular weight is 232 g/mol. The molecule has 0 spiro atoms. The summed E-state index contributed by atoms with van der Waals surface area (Å²) in [5, 5.41) is 3.32. The molecular weight excluding hydrogens is 216 g/mol. The molecule has 0 aliphatic rings. The van der Waals surface area contributed by atoms with E-state index in [0.717, 1.165) is 18.5 Å². The fourth-order valence-corrected chi connectivity index (χ4v) is 2.37. The molecule has 2 rings (SSSR count). The Kier molecular flexibility index (Phi) is 3.70. The number of hydrogen-bond acceptors (Lipinski definition) is 3. The van der Waals surface area contributed by atoms with Gasteiger partial charge in [-0.25, -0.2) is 4.98 Å². The lowest BCUT2D eigenvalue weighted by Crippen LogP contribution is -2.02. The van der Waals surface area contributed by atoms with E-state index in [1.165, 1.54) is 16.1 Å². The maximum Gasteiger partial charge on any atom is 0.0929 e. The first kappa shape index (κ1) is 11.3. The van der Waals surface area contributed by atoms with Crippen LogP contribution in [0.4, 0.5) is 0 Å². The molecular formula is C13H16N2S. The number of rotatable bonds is 4. The van der Waals surface area contributed by atoms with E-state index >= 15 is 0 Å². The first-order valence-corrected chi connectivity index (χ1v) is 6.45. The van der Waals surface area contributed by atoms with E-state index < -0.39 is 0 Å². The van der Waals surface area contributed by atoms with Crippen LogP contribution in [0.2, 0.25) is 0 Å². The molecule has 1 aromatic carbocycles. The molecule has 1 heterocycles. The Bertz CT molecular complexity index is 445. The van der Waals surface area contributed by atoms with Gasteiger partial charge in [-0.1, -0.05) is 31.2 Å². The highest BCUT2D eigenvalue weighted by molar-refractivity contribution is 7.09. The lowest BCUT2D eigenvalue weighted by atomic mass is 10.1. The van der Waals surface area contributed by atoms with Crippen LogP contribution in [0.5, 0.6) is 0 Å². The van der Waals surface area contributed by atoms with Gasteiger partial charge in [0.1, 0.15) is 0 Å². The largest absolute Gasteiger partial charge is 0.330 e. The summed E-state index contributed by atoms with van der Waals surface area (Å²) in [5.41, 5.74) is 9.09. The van der Waals surface area contributed by atoms with Crippen LogP contribution >= 0.6 is 11.3 Å². The quantitative estimate of drug-likeness (QED) is 0.880. The summed E-state index contributed by atoms with van der Waals surface area (Å²) in [5.74, 6) is 0. The molecule has 0 unspecified atom stereocenters. The van der Waals surface area contributed by atoms with Crippen LogP contribution in [-0.4, -0.2) is 11.5 Å². The molecule has 2 aromatic rings. The van der Waals surface area contributed by atoms with Crippen molar-refractivity contribution in [3.63, 3.8) is 0 Å². The third kappa shape index (κ3) is 2.49. The minimum atomic E-state index is 0.704. The summed E-state index contributed by atoms with van der Waals surface area (Å²) in [6.07, 6.45) is 1.95. The van der Waals surface area contributed by atoms with Crippen molar-refractivity contribution in [2.45, 2.75) is 19.8 Å². The molecule has 0 bridgehead atoms. The van der Waals surface area contributed by atoms with Crippen LogP contribution in [0.15, 0.2) is 29.6 Å². The van der Waals surface area contributed by atoms with Crippen molar-refractivity contribution < 1.29 is 0 Å². The Labute approximate surface area is 100 Å². The average Bonchev–Trinajstić information content (AvgIpc) is 2.79. The summed E-state index contributed by atoms with van der Waals surface area (Å²) < 4.78 is 0. The standard InChI is InChI=1S/C13H16N2S/c1-2-13-15-12(9-16-13)11-5-3-10(4-6-11)7-8-14/h3-6,9H,2,7-8,14H2,1H3. The van der Waals surface area contributed by atoms with Crippen LogP contribution < -0.4 is 5.73 Å². The second-order valence-corrected chi connectivity index (χ2v) is 4.66. The van der Waals surface area contributed by atoms with Crippen molar-refractivity contribution in [2.75, 3.05) is 6.54 Å². The number of benzene rings is 1. The molecule has 1 aromatic heterocycles. The summed E-state index contributed by atoms with van der Waals surface area (Å²) in [7, 11) is 0. The number of nitrogens with zero attached hydrogens (tertiary/aromatic N) is 1. The molecule has 2 nitrogen and oxygen atoms in total. The molecule has 0 atom stereocenters. The number of thiazole rings is 1. The highest BCUT2D eigenvalue weighted by Gasteiger charge is 2.02. The van der Waals surface area contributed by atoms with Crippen molar-refractivity contribution in [1.29, 1.82) is 0 Å². The zero-order valence-electron chi connectivity index (χ0n) is 9.44. The van der Waals surface area contributed by atoms with E-state index in [0.29, 0.717) is 6.54 Å². The maximum atomic E-state index is 5.52. The van der Waals surface area contributed by atoms with Crippen molar-refractivity contribution >= 4 is 11.3 Å². The van der Waals surface area contributed by atoms with Crippen LogP contribution in [0.1, 0.15) is 17.5 Å². The van der Waals surface area contributed by atoms with E-state index in [4.69, 9.17) is 5.73 Å². The van der Waals surface area contributed by atoms with Gasteiger partial charge in [0.2, 0.25) is 0 Å². The van der Waals surface area contributed by atoms with E-state index in [-0.39, 0.29) is 0 Å². The van der Waals surface area contributed by atoms with Crippen molar-refractivity contribution in [2.24, 2.45) is 5.73 Å². The molecule has 84 valence electrons. The number of nitrogens with two attached hydrogens (primary N) is 1. The van der Waals surface area contributed by atoms with Crippen molar-refractivity contribution in [3.8, 4) is 11.3 Å². The zero-order valence-corrected chi connectivity index (χ0v) is 10.3. The van der Waals surface area contributed by atoms with Gasteiger partial charge in [0.25, 0.3) is 0 Å². The Morgan fingerprint density at radius 1 is 1.25 bits per heavy atom. The van der Waals surface area contributed by atoms with Crippen molar-refractivity contribution in [1.82, 2.24) is 4.98 Å². The van der Waals surface area contributed by atoms with Gasteiger partial charge < -0.3 is 5.73 Å². The van der Waals surface area contributed by atoms with E-state index in [2.05, 4.69) is 41.6 Å². The van der Waals surface area contributed by atoms with Crippen LogP contribution in [0.25, 0.3) is 11.3 Å². The van der Waals surface area contributed by atoms with Gasteiger partial charge in [0.05, 0.1) is 10.7 Å². The molecule has 3 heteroatoms. The van der Waals surface area contributed by atoms with E-state index in [9.17, 15) is 0 Å². The maximum absolute atomic E-state index is 5.52. The highest BCUT2D eigenvalue weighted by Crippen LogP contribution is 2.22.